The van der Waals surface area contributed by atoms with E-state index in [4.69, 9.17) is 9.47 Å². The van der Waals surface area contributed by atoms with Gasteiger partial charge in [-0.2, -0.15) is 0 Å². The Morgan fingerprint density at radius 2 is 1.61 bits per heavy atom. The third kappa shape index (κ3) is 7.43. The van der Waals surface area contributed by atoms with Gasteiger partial charge in [-0.3, -0.25) is 4.79 Å². The van der Waals surface area contributed by atoms with E-state index in [0.717, 1.165) is 12.2 Å². The van der Waals surface area contributed by atoms with Crippen molar-refractivity contribution in [1.29, 1.82) is 0 Å². The minimum absolute atomic E-state index is 0.161. The first-order valence-electron chi connectivity index (χ1n) is 9.91. The maximum atomic E-state index is 12.2. The lowest BCUT2D eigenvalue weighted by Crippen LogP contribution is -2.11. The summed E-state index contributed by atoms with van der Waals surface area (Å²) in [4.78, 5) is 22.6. The number of ether oxygens (including phenoxy) is 2. The Morgan fingerprint density at radius 1 is 0.964 bits per heavy atom. The molecule has 0 saturated heterocycles. The summed E-state index contributed by atoms with van der Waals surface area (Å²) >= 11 is 0. The van der Waals surface area contributed by atoms with Crippen molar-refractivity contribution in [3.8, 4) is 11.5 Å². The molecular weight excluding hydrogens is 354 g/mol. The molecule has 5 nitrogen and oxygen atoms in total. The van der Waals surface area contributed by atoms with Gasteiger partial charge >= 0.3 is 5.97 Å². The summed E-state index contributed by atoms with van der Waals surface area (Å²) in [7, 11) is 0. The third-order valence-corrected chi connectivity index (χ3v) is 4.43. The molecule has 0 aliphatic carbocycles. The first-order valence-corrected chi connectivity index (χ1v) is 9.91. The molecule has 0 aliphatic rings. The van der Waals surface area contributed by atoms with Crippen LogP contribution in [0.2, 0.25) is 0 Å². The van der Waals surface area contributed by atoms with Gasteiger partial charge in [0.15, 0.2) is 0 Å². The Kier molecular flexibility index (Phi) is 9.05. The molecule has 0 radical (unpaired) electrons. The zero-order chi connectivity index (χ0) is 20.2. The van der Waals surface area contributed by atoms with E-state index < -0.39 is 5.97 Å². The molecule has 2 rings (SSSR count). The number of amides is 1. The van der Waals surface area contributed by atoms with Gasteiger partial charge in [0.2, 0.25) is 6.41 Å². The van der Waals surface area contributed by atoms with E-state index in [1.54, 1.807) is 36.4 Å². The molecule has 150 valence electrons. The van der Waals surface area contributed by atoms with E-state index in [9.17, 15) is 9.59 Å². The van der Waals surface area contributed by atoms with Crippen molar-refractivity contribution in [2.75, 3.05) is 5.32 Å². The van der Waals surface area contributed by atoms with Gasteiger partial charge in [0.1, 0.15) is 11.5 Å². The smallest absolute Gasteiger partial charge is 0.343 e. The fourth-order valence-corrected chi connectivity index (χ4v) is 2.85. The van der Waals surface area contributed by atoms with Gasteiger partial charge in [-0.05, 0) is 68.3 Å². The van der Waals surface area contributed by atoms with Crippen LogP contribution in [0.25, 0.3) is 0 Å². The monoisotopic (exact) mass is 383 g/mol. The molecule has 1 atom stereocenters. The van der Waals surface area contributed by atoms with Gasteiger partial charge in [0, 0.05) is 5.69 Å². The summed E-state index contributed by atoms with van der Waals surface area (Å²) in [6.45, 7) is 4.30. The molecule has 0 fully saturated rings. The number of hydrogen-bond donors (Lipinski definition) is 1. The predicted molar refractivity (Wildman–Crippen MR) is 111 cm³/mol. The summed E-state index contributed by atoms with van der Waals surface area (Å²) in [6, 6.07) is 13.6. The molecule has 1 amide bonds. The maximum absolute atomic E-state index is 12.2. The summed E-state index contributed by atoms with van der Waals surface area (Å²) in [6.07, 6.45) is 8.06. The summed E-state index contributed by atoms with van der Waals surface area (Å²) < 4.78 is 11.3. The van der Waals surface area contributed by atoms with Gasteiger partial charge in [-0.25, -0.2) is 4.79 Å². The maximum Gasteiger partial charge on any atom is 0.343 e. The fourth-order valence-electron chi connectivity index (χ4n) is 2.85. The van der Waals surface area contributed by atoms with Crippen LogP contribution in [0.1, 0.15) is 62.7 Å². The highest BCUT2D eigenvalue weighted by molar-refractivity contribution is 5.91. The lowest BCUT2D eigenvalue weighted by molar-refractivity contribution is -0.105. The lowest BCUT2D eigenvalue weighted by Gasteiger charge is -2.15. The van der Waals surface area contributed by atoms with Crippen LogP contribution in [0.5, 0.6) is 11.5 Å². The SMILES string of the molecule is CCCCCCC[C@@H](C)Oc1ccc(OC(=O)c2ccc(NC=O)cc2)cc1. The molecule has 0 aromatic heterocycles. The van der Waals surface area contributed by atoms with Crippen molar-refractivity contribution in [3.05, 3.63) is 54.1 Å². The van der Waals surface area contributed by atoms with Crippen molar-refractivity contribution in [2.45, 2.75) is 58.5 Å². The minimum Gasteiger partial charge on any atom is -0.491 e. The topological polar surface area (TPSA) is 64.6 Å². The average Bonchev–Trinajstić information content (AvgIpc) is 2.70. The second kappa shape index (κ2) is 11.8. The van der Waals surface area contributed by atoms with Crippen molar-refractivity contribution in [3.63, 3.8) is 0 Å². The second-order valence-corrected chi connectivity index (χ2v) is 6.83. The number of carbonyl (C=O) groups excluding carboxylic acids is 2. The fraction of sp³-hybridized carbons (Fsp3) is 0.391. The van der Waals surface area contributed by atoms with Crippen molar-refractivity contribution >= 4 is 18.1 Å². The number of hydrogen-bond acceptors (Lipinski definition) is 4. The van der Waals surface area contributed by atoms with E-state index in [2.05, 4.69) is 19.2 Å². The molecule has 0 saturated carbocycles. The Morgan fingerprint density at radius 3 is 2.25 bits per heavy atom. The van der Waals surface area contributed by atoms with E-state index >= 15 is 0 Å². The quantitative estimate of drug-likeness (QED) is 0.224. The highest BCUT2D eigenvalue weighted by atomic mass is 16.5. The van der Waals surface area contributed by atoms with Crippen molar-refractivity contribution in [2.24, 2.45) is 0 Å². The Hall–Kier alpha value is -2.82. The Bertz CT molecular complexity index is 725. The number of anilines is 1. The Labute approximate surface area is 167 Å². The minimum atomic E-state index is -0.452. The van der Waals surface area contributed by atoms with Gasteiger partial charge in [-0.15, -0.1) is 0 Å². The lowest BCUT2D eigenvalue weighted by atomic mass is 10.1. The number of rotatable bonds is 12. The normalized spacial score (nSPS) is 11.5. The Balaban J connectivity index is 1.79. The molecule has 5 heteroatoms. The molecule has 0 bridgehead atoms. The number of carbonyl (C=O) groups is 2. The molecule has 0 aliphatic heterocycles. The first kappa shape index (κ1) is 21.5. The van der Waals surface area contributed by atoms with Crippen LogP contribution >= 0.6 is 0 Å². The van der Waals surface area contributed by atoms with Crippen LogP contribution in [-0.2, 0) is 4.79 Å². The van der Waals surface area contributed by atoms with E-state index in [0.29, 0.717) is 23.4 Å². The number of nitrogens with one attached hydrogen (secondary N) is 1. The molecule has 0 spiro atoms. The predicted octanol–water partition coefficient (Wildman–Crippen LogP) is 5.60. The van der Waals surface area contributed by atoms with Crippen LogP contribution in [0.4, 0.5) is 5.69 Å². The summed E-state index contributed by atoms with van der Waals surface area (Å²) in [5, 5.41) is 2.52. The third-order valence-electron chi connectivity index (χ3n) is 4.43. The molecular formula is C23H29NO4. The van der Waals surface area contributed by atoms with E-state index in [1.165, 1.54) is 32.1 Å². The summed E-state index contributed by atoms with van der Waals surface area (Å²) in [5.74, 6) is 0.775. The van der Waals surface area contributed by atoms with Crippen LogP contribution in [0, 0.1) is 0 Å². The highest BCUT2D eigenvalue weighted by Gasteiger charge is 2.09. The van der Waals surface area contributed by atoms with Gasteiger partial charge in [0.25, 0.3) is 0 Å². The largest absolute Gasteiger partial charge is 0.491 e. The first-order chi connectivity index (χ1) is 13.6. The number of unbranched alkanes of at least 4 members (excludes halogenated alkanes) is 4. The van der Waals surface area contributed by atoms with E-state index in [-0.39, 0.29) is 6.10 Å². The van der Waals surface area contributed by atoms with Gasteiger partial charge < -0.3 is 14.8 Å². The zero-order valence-corrected chi connectivity index (χ0v) is 16.6. The molecule has 28 heavy (non-hydrogen) atoms. The zero-order valence-electron chi connectivity index (χ0n) is 16.6. The average molecular weight is 383 g/mol. The van der Waals surface area contributed by atoms with Gasteiger partial charge in [-0.1, -0.05) is 32.6 Å². The molecule has 0 heterocycles. The van der Waals surface area contributed by atoms with Crippen LogP contribution in [-0.4, -0.2) is 18.5 Å². The van der Waals surface area contributed by atoms with Crippen LogP contribution < -0.4 is 14.8 Å². The second-order valence-electron chi connectivity index (χ2n) is 6.83. The molecule has 0 unspecified atom stereocenters. The number of esters is 1. The standard InChI is InChI=1S/C23H29NO4/c1-3-4-5-6-7-8-18(2)27-21-13-15-22(16-14-21)28-23(26)19-9-11-20(12-10-19)24-17-25/h9-18H,3-8H2,1-2H3,(H,24,25)/t18-/m1/s1. The summed E-state index contributed by atoms with van der Waals surface area (Å²) in [5.41, 5.74) is 1.03. The van der Waals surface area contributed by atoms with Crippen molar-refractivity contribution in [1.82, 2.24) is 0 Å². The van der Waals surface area contributed by atoms with Gasteiger partial charge in [0.05, 0.1) is 11.7 Å². The van der Waals surface area contributed by atoms with Crippen molar-refractivity contribution < 1.29 is 19.1 Å². The number of benzene rings is 2. The molecule has 2 aromatic rings. The van der Waals surface area contributed by atoms with Crippen LogP contribution in [0.3, 0.4) is 0 Å². The molecule has 1 N–H and O–H groups in total. The molecule has 2 aromatic carbocycles. The highest BCUT2D eigenvalue weighted by Crippen LogP contribution is 2.21. The van der Waals surface area contributed by atoms with E-state index in [1.807, 2.05) is 12.1 Å². The van der Waals surface area contributed by atoms with Crippen LogP contribution in [0.15, 0.2) is 48.5 Å².